The van der Waals surface area contributed by atoms with Crippen molar-refractivity contribution in [2.75, 3.05) is 0 Å². The van der Waals surface area contributed by atoms with E-state index < -0.39 is 104 Å². The summed E-state index contributed by atoms with van der Waals surface area (Å²) in [6.07, 6.45) is 4.66. The van der Waals surface area contributed by atoms with Crippen molar-refractivity contribution in [3.63, 3.8) is 0 Å². The van der Waals surface area contributed by atoms with Gasteiger partial charge in [0.25, 0.3) is 68.1 Å². The predicted octanol–water partition coefficient (Wildman–Crippen LogP) is 3.52. The lowest BCUT2D eigenvalue weighted by molar-refractivity contribution is 0.0411. The van der Waals surface area contributed by atoms with E-state index in [9.17, 15) is 57.5 Å². The molecule has 14 aliphatic heterocycles. The summed E-state index contributed by atoms with van der Waals surface area (Å²) in [7, 11) is 0. The summed E-state index contributed by atoms with van der Waals surface area (Å²) in [5.74, 6) is -2.94. The maximum atomic E-state index is 14.8. The van der Waals surface area contributed by atoms with Gasteiger partial charge in [0, 0.05) is 33.0 Å². The van der Waals surface area contributed by atoms with Gasteiger partial charge in [0.15, 0.2) is 0 Å². The molecule has 4 aromatic heterocycles. The average Bonchev–Trinajstić information content (AvgIpc) is 3.96. The van der Waals surface area contributed by atoms with Gasteiger partial charge in [0.05, 0.1) is 79.3 Å². The minimum Gasteiger partial charge on any atom is -0.269 e. The Hall–Kier alpha value is -8.02. The molecule has 3 fully saturated rings. The van der Waals surface area contributed by atoms with Gasteiger partial charge in [-0.25, -0.2) is 0 Å². The Labute approximate surface area is 390 Å². The van der Waals surface area contributed by atoms with E-state index in [1.807, 2.05) is 0 Å². The van der Waals surface area contributed by atoms with E-state index in [4.69, 9.17) is 0 Å². The van der Waals surface area contributed by atoms with Crippen LogP contribution in [0.25, 0.3) is 53.9 Å². The molecule has 18 heterocycles. The van der Waals surface area contributed by atoms with Crippen LogP contribution in [0.1, 0.15) is 143 Å². The first kappa shape index (κ1) is 41.0. The lowest BCUT2D eigenvalue weighted by atomic mass is 9.82. The number of carbonyl (C=O) groups is 4. The minimum absolute atomic E-state index is 0.0378. The zero-order valence-corrected chi connectivity index (χ0v) is 37.2. The molecule has 17 aliphatic rings. The molecule has 348 valence electrons. The smallest absolute Gasteiger partial charge is 0.261 e. The number of hydrogen-bond donors (Lipinski definition) is 0. The van der Waals surface area contributed by atoms with E-state index in [0.29, 0.717) is 38.5 Å². The highest BCUT2D eigenvalue weighted by Gasteiger charge is 2.48. The molecule has 8 aromatic rings. The second-order valence-corrected chi connectivity index (χ2v) is 20.1. The summed E-state index contributed by atoms with van der Waals surface area (Å²) < 4.78 is 4.06. The molecule has 0 N–H and O–H groups in total. The van der Waals surface area contributed by atoms with Crippen LogP contribution in [0.3, 0.4) is 0 Å². The van der Waals surface area contributed by atoms with Crippen LogP contribution in [0, 0.1) is 0 Å². The number of hydrogen-bond acceptors (Lipinski definition) is 12. The van der Waals surface area contributed by atoms with E-state index in [0.717, 1.165) is 28.1 Å². The first-order chi connectivity index (χ1) is 33.8. The van der Waals surface area contributed by atoms with Gasteiger partial charge in [-0.3, -0.25) is 85.6 Å². The van der Waals surface area contributed by atoms with Gasteiger partial charge in [-0.15, -0.1) is 0 Å². The molecular formula is C52H38N6O12. The molecule has 25 rings (SSSR count). The zero-order chi connectivity index (χ0) is 48.1. The number of aromatic nitrogens is 4. The fourth-order valence-electron chi connectivity index (χ4n) is 13.8. The Morgan fingerprint density at radius 1 is 0.271 bits per heavy atom. The number of imide groups is 2. The third-order valence-electron chi connectivity index (χ3n) is 16.9. The second kappa shape index (κ2) is 13.8. The molecule has 18 heteroatoms. The van der Waals surface area contributed by atoms with Crippen molar-refractivity contribution >= 4 is 77.5 Å². The molecule has 3 saturated carbocycles. The molecule has 0 radical (unpaired) electrons. The van der Waals surface area contributed by atoms with Crippen molar-refractivity contribution in [1.29, 1.82) is 0 Å². The summed E-state index contributed by atoms with van der Waals surface area (Å²) in [4.78, 5) is 178. The molecule has 6 atom stereocenters. The van der Waals surface area contributed by atoms with Crippen LogP contribution in [0.2, 0.25) is 0 Å². The number of nitrogens with zero attached hydrogens (tertiary/aromatic N) is 6. The van der Waals surface area contributed by atoms with Gasteiger partial charge in [-0.2, -0.15) is 0 Å². The molecule has 1 unspecified atom stereocenters. The van der Waals surface area contributed by atoms with E-state index in [-0.39, 0.29) is 115 Å². The quantitative estimate of drug-likeness (QED) is 0.199. The van der Waals surface area contributed by atoms with Crippen LogP contribution >= 0.6 is 0 Å². The molecule has 18 nitrogen and oxygen atoms in total. The summed E-state index contributed by atoms with van der Waals surface area (Å²) in [5.41, 5.74) is -5.99. The van der Waals surface area contributed by atoms with E-state index in [1.165, 1.54) is 48.5 Å². The van der Waals surface area contributed by atoms with Gasteiger partial charge in [-0.1, -0.05) is 38.5 Å². The zero-order valence-electron chi connectivity index (χ0n) is 37.2. The van der Waals surface area contributed by atoms with Gasteiger partial charge in [0.1, 0.15) is 0 Å². The van der Waals surface area contributed by atoms with Gasteiger partial charge in [-0.05, 0) is 87.1 Å². The second-order valence-electron chi connectivity index (χ2n) is 20.1. The SMILES string of the molecule is O=C1c2ccc3c4c5ccc(c24)C(=O)N1C1CCCC[C@@H]1n1c(=O)c2cc4c(=O)n(c(=O)c4cc2c1=O)[C@H]1CCCC[C@@H]1n1c(=O)c2cc4c(=O)n(c(=O)c4cc2c1=O)[C@H]1CCCC[C@@H]1N(C3=O)C5=O. The summed E-state index contributed by atoms with van der Waals surface area (Å²) in [6.45, 7) is 0. The van der Waals surface area contributed by atoms with E-state index >= 15 is 0 Å². The Bertz CT molecular complexity index is 3820. The topological polar surface area (TPSA) is 231 Å². The van der Waals surface area contributed by atoms with Crippen molar-refractivity contribution in [2.24, 2.45) is 0 Å². The Balaban J connectivity index is 1.04. The molecule has 20 bridgehead atoms. The maximum absolute atomic E-state index is 14.8. The molecular weight excluding hydrogens is 901 g/mol. The summed E-state index contributed by atoms with van der Waals surface area (Å²) in [5, 5.41) is -0.866. The summed E-state index contributed by atoms with van der Waals surface area (Å²) >= 11 is 0. The minimum atomic E-state index is -1.00. The number of amides is 4. The van der Waals surface area contributed by atoms with Gasteiger partial charge in [0.2, 0.25) is 0 Å². The van der Waals surface area contributed by atoms with Crippen LogP contribution in [0.15, 0.2) is 86.9 Å². The first-order valence-corrected chi connectivity index (χ1v) is 24.0. The van der Waals surface area contributed by atoms with Crippen molar-refractivity contribution < 1.29 is 19.2 Å². The molecule has 0 saturated heterocycles. The van der Waals surface area contributed by atoms with Crippen LogP contribution in [-0.4, -0.2) is 63.8 Å². The van der Waals surface area contributed by atoms with Crippen molar-refractivity contribution in [1.82, 2.24) is 28.1 Å². The number of carbonyl (C=O) groups excluding carboxylic acids is 4. The molecule has 4 amide bonds. The van der Waals surface area contributed by atoms with Gasteiger partial charge < -0.3 is 0 Å². The maximum Gasteiger partial charge on any atom is 0.261 e. The third-order valence-corrected chi connectivity index (χ3v) is 16.9. The third kappa shape index (κ3) is 4.87. The normalized spacial score (nSPS) is 24.4. The monoisotopic (exact) mass is 938 g/mol. The fourth-order valence-corrected chi connectivity index (χ4v) is 13.8. The van der Waals surface area contributed by atoms with Crippen LogP contribution in [0.4, 0.5) is 0 Å². The highest BCUT2D eigenvalue weighted by molar-refractivity contribution is 6.33. The van der Waals surface area contributed by atoms with Crippen LogP contribution in [0.5, 0.6) is 0 Å². The molecule has 3 aliphatic carbocycles. The van der Waals surface area contributed by atoms with Crippen molar-refractivity contribution in [2.45, 2.75) is 113 Å². The van der Waals surface area contributed by atoms with E-state index in [2.05, 4.69) is 0 Å². The highest BCUT2D eigenvalue weighted by Crippen LogP contribution is 2.44. The Morgan fingerprint density at radius 3 is 0.671 bits per heavy atom. The lowest BCUT2D eigenvalue weighted by Gasteiger charge is -2.42. The standard InChI is InChI=1S/C52H38N6O12/c59-41-21-13-15-23-40-24-16-14-22(39(21)40)42(60)53(41)33-7-1-3-9-35(33)55-45(63)25-17-29-30(18-26(25)46(55)64)50(68)57(49(29)67)37-11-5-6-12-38(37)58-51(69)31-19-27-28(20-32(31)52(58)70)48(66)56(47(27)65)36-10-4-2-8-34(36)54(43(23)61)44(24)62/h13-20,33-38H,1-12H2/t33-,34?,35-,36-,37-,38-/m0/s1. The molecule has 0 spiro atoms. The Kier molecular flexibility index (Phi) is 8.10. The Morgan fingerprint density at radius 2 is 0.457 bits per heavy atom. The number of rotatable bonds is 0. The van der Waals surface area contributed by atoms with Crippen molar-refractivity contribution in [3.05, 3.63) is 154 Å². The molecule has 70 heavy (non-hydrogen) atoms. The fraction of sp³-hybridized carbons (Fsp3) is 0.346. The first-order valence-electron chi connectivity index (χ1n) is 24.0. The predicted molar refractivity (Wildman–Crippen MR) is 254 cm³/mol. The van der Waals surface area contributed by atoms with Crippen LogP contribution in [-0.2, 0) is 0 Å². The highest BCUT2D eigenvalue weighted by atomic mass is 16.2. The van der Waals surface area contributed by atoms with Crippen LogP contribution < -0.4 is 44.5 Å². The van der Waals surface area contributed by atoms with Crippen molar-refractivity contribution in [3.8, 4) is 0 Å². The lowest BCUT2D eigenvalue weighted by Crippen LogP contribution is -2.54. The number of benzene rings is 4. The summed E-state index contributed by atoms with van der Waals surface area (Å²) in [6, 6.07) is 4.63. The molecule has 4 aromatic carbocycles. The largest absolute Gasteiger partial charge is 0.269 e. The van der Waals surface area contributed by atoms with E-state index in [1.54, 1.807) is 0 Å². The van der Waals surface area contributed by atoms with Gasteiger partial charge >= 0.3 is 0 Å². The average molecular weight is 939 g/mol.